The molecule has 0 radical (unpaired) electrons. The molecule has 0 aliphatic heterocycles. The third-order valence-corrected chi connectivity index (χ3v) is 12.4. The zero-order valence-corrected chi connectivity index (χ0v) is 34.4. The highest BCUT2D eigenvalue weighted by molar-refractivity contribution is 6.68. The first-order chi connectivity index (χ1) is 29.3. The van der Waals surface area contributed by atoms with E-state index in [9.17, 15) is 0 Å². The van der Waals surface area contributed by atoms with Gasteiger partial charge in [0, 0.05) is 27.5 Å². The van der Waals surface area contributed by atoms with Gasteiger partial charge in [0.15, 0.2) is 17.5 Å². The highest BCUT2D eigenvalue weighted by Crippen LogP contribution is 2.42. The lowest BCUT2D eigenvalue weighted by Crippen LogP contribution is -2.55. The molecule has 0 fully saturated rings. The maximum Gasteiger partial charge on any atom is 0.164 e. The van der Waals surface area contributed by atoms with Gasteiger partial charge in [0.1, 0.15) is 50.4 Å². The minimum atomic E-state index is 0.592. The Morgan fingerprint density at radius 1 is 0.300 bits per heavy atom. The summed E-state index contributed by atoms with van der Waals surface area (Å²) in [6, 6.07) is 59.4. The van der Waals surface area contributed by atoms with Crippen molar-refractivity contribution in [3.8, 4) is 78.7 Å². The summed E-state index contributed by atoms with van der Waals surface area (Å²) >= 11 is 0. The van der Waals surface area contributed by atoms with Crippen molar-refractivity contribution >= 4 is 88.5 Å². The van der Waals surface area contributed by atoms with Crippen LogP contribution in [0.4, 0.5) is 0 Å². The van der Waals surface area contributed by atoms with Crippen LogP contribution in [0.3, 0.4) is 0 Å². The standard InChI is InChI=1S/C51H38B5N3O/c52-44-41(45(53)47(55)48(56)46(44)54)32-24-26-34(27-25-32)50-57-49(33-12-5-2-6-13-33)58-51(59-50)38-17-9-19-40-43(38)42-37(16-8-18-39(42)60-40)36-15-7-14-35(28-36)31-22-20-30(21-23-31)29-10-3-1-4-11-29/h1-28H,52-56H2. The second-order valence-corrected chi connectivity index (χ2v) is 15.7. The zero-order valence-electron chi connectivity index (χ0n) is 34.4. The van der Waals surface area contributed by atoms with Gasteiger partial charge >= 0.3 is 0 Å². The van der Waals surface area contributed by atoms with Crippen LogP contribution in [0.1, 0.15) is 0 Å². The first-order valence-corrected chi connectivity index (χ1v) is 20.5. The van der Waals surface area contributed by atoms with E-state index in [2.05, 4.69) is 154 Å². The van der Waals surface area contributed by atoms with E-state index in [1.165, 1.54) is 49.6 Å². The number of nitrogens with zero attached hydrogens (tertiary/aromatic N) is 3. The Balaban J connectivity index is 1.10. The lowest BCUT2D eigenvalue weighted by molar-refractivity contribution is 0.669. The largest absolute Gasteiger partial charge is 0.456 e. The molecule has 0 saturated heterocycles. The van der Waals surface area contributed by atoms with Crippen molar-refractivity contribution in [1.82, 2.24) is 15.0 Å². The van der Waals surface area contributed by atoms with Crippen LogP contribution in [0, 0.1) is 0 Å². The summed E-state index contributed by atoms with van der Waals surface area (Å²) in [7, 11) is 11.1. The van der Waals surface area contributed by atoms with Crippen LogP contribution in [0.2, 0.25) is 0 Å². The first kappa shape index (κ1) is 37.2. The molecule has 10 aromatic rings. The van der Waals surface area contributed by atoms with Crippen LogP contribution >= 0.6 is 0 Å². The number of fused-ring (bicyclic) bond motifs is 3. The molecule has 0 spiro atoms. The van der Waals surface area contributed by atoms with Crippen molar-refractivity contribution in [3.63, 3.8) is 0 Å². The van der Waals surface area contributed by atoms with Gasteiger partial charge in [-0.05, 0) is 62.7 Å². The summed E-state index contributed by atoms with van der Waals surface area (Å²) in [5, 5.41) is 2.00. The monoisotopic (exact) mass is 763 g/mol. The van der Waals surface area contributed by atoms with E-state index >= 15 is 0 Å². The molecule has 60 heavy (non-hydrogen) atoms. The first-order valence-electron chi connectivity index (χ1n) is 20.5. The molecular weight excluding hydrogens is 725 g/mol. The van der Waals surface area contributed by atoms with E-state index in [0.717, 1.165) is 60.9 Å². The third-order valence-electron chi connectivity index (χ3n) is 12.4. The van der Waals surface area contributed by atoms with E-state index in [1.54, 1.807) is 0 Å². The SMILES string of the molecule is Bc1c(B)c(B)c(-c2ccc(-c3nc(-c4ccccc4)nc(-c4cccc5oc6cccc(-c7cccc(-c8ccc(-c9ccccc9)cc8)c7)c6c45)n3)cc2)c(B)c1B. The van der Waals surface area contributed by atoms with Crippen molar-refractivity contribution in [1.29, 1.82) is 0 Å². The molecular formula is C51H38B5N3O. The van der Waals surface area contributed by atoms with Crippen LogP contribution in [-0.2, 0) is 0 Å². The molecule has 0 amide bonds. The Morgan fingerprint density at radius 3 is 1.32 bits per heavy atom. The molecule has 0 aliphatic rings. The second-order valence-electron chi connectivity index (χ2n) is 15.7. The lowest BCUT2D eigenvalue weighted by atomic mass is 9.59. The van der Waals surface area contributed by atoms with Crippen LogP contribution in [0.25, 0.3) is 101 Å². The van der Waals surface area contributed by atoms with E-state index < -0.39 is 0 Å². The fraction of sp³-hybridized carbons (Fsp3) is 0. The van der Waals surface area contributed by atoms with Gasteiger partial charge in [-0.15, -0.1) is 16.4 Å². The summed E-state index contributed by atoms with van der Waals surface area (Å²) in [6.45, 7) is 0. The number of benzene rings is 8. The Morgan fingerprint density at radius 2 is 0.700 bits per heavy atom. The molecule has 0 bridgehead atoms. The molecule has 278 valence electrons. The normalized spacial score (nSPS) is 11.3. The van der Waals surface area contributed by atoms with Gasteiger partial charge in [-0.3, -0.25) is 0 Å². The average Bonchev–Trinajstić information content (AvgIpc) is 3.70. The van der Waals surface area contributed by atoms with Crippen molar-refractivity contribution in [2.45, 2.75) is 0 Å². The summed E-state index contributed by atoms with van der Waals surface area (Å²) < 4.78 is 6.60. The molecule has 2 aromatic heterocycles. The molecule has 2 heterocycles. The number of hydrogen-bond acceptors (Lipinski definition) is 4. The maximum absolute atomic E-state index is 6.60. The molecule has 0 aliphatic carbocycles. The van der Waals surface area contributed by atoms with Crippen molar-refractivity contribution in [2.24, 2.45) is 0 Å². The molecule has 9 heteroatoms. The third kappa shape index (κ3) is 6.57. The molecule has 0 unspecified atom stereocenters. The minimum Gasteiger partial charge on any atom is -0.456 e. The number of rotatable bonds is 7. The molecule has 4 nitrogen and oxygen atoms in total. The Labute approximate surface area is 354 Å². The summed E-state index contributed by atoms with van der Waals surface area (Å²) in [5.41, 5.74) is 20.4. The van der Waals surface area contributed by atoms with Crippen LogP contribution < -0.4 is 27.3 Å². The molecule has 8 aromatic carbocycles. The van der Waals surface area contributed by atoms with Gasteiger partial charge in [0.05, 0.1) is 0 Å². The molecule has 0 N–H and O–H groups in total. The zero-order chi connectivity index (χ0) is 40.9. The van der Waals surface area contributed by atoms with E-state index in [0.29, 0.717) is 17.5 Å². The Kier molecular flexibility index (Phi) is 9.45. The highest BCUT2D eigenvalue weighted by atomic mass is 16.3. The van der Waals surface area contributed by atoms with Crippen molar-refractivity contribution in [2.75, 3.05) is 0 Å². The highest BCUT2D eigenvalue weighted by Gasteiger charge is 2.21. The lowest BCUT2D eigenvalue weighted by Gasteiger charge is -2.20. The predicted molar refractivity (Wildman–Crippen MR) is 266 cm³/mol. The summed E-state index contributed by atoms with van der Waals surface area (Å²) in [5.74, 6) is 1.83. The van der Waals surface area contributed by atoms with Gasteiger partial charge in [-0.2, -0.15) is 0 Å². The quantitative estimate of drug-likeness (QED) is 0.221. The smallest absolute Gasteiger partial charge is 0.164 e. The number of furan rings is 1. The summed E-state index contributed by atoms with van der Waals surface area (Å²) in [6.07, 6.45) is 0. The summed E-state index contributed by atoms with van der Waals surface area (Å²) in [4.78, 5) is 15.5. The van der Waals surface area contributed by atoms with Crippen LogP contribution in [0.5, 0.6) is 0 Å². The molecule has 0 atom stereocenters. The van der Waals surface area contributed by atoms with Gasteiger partial charge in [0.25, 0.3) is 0 Å². The maximum atomic E-state index is 6.60. The fourth-order valence-corrected chi connectivity index (χ4v) is 8.71. The average molecular weight is 763 g/mol. The van der Waals surface area contributed by atoms with Gasteiger partial charge in [-0.25, -0.2) is 15.0 Å². The fourth-order valence-electron chi connectivity index (χ4n) is 8.71. The predicted octanol–water partition coefficient (Wildman–Crippen LogP) is 4.73. The number of aromatic nitrogens is 3. The van der Waals surface area contributed by atoms with Crippen LogP contribution in [-0.4, -0.2) is 54.2 Å². The van der Waals surface area contributed by atoms with Crippen LogP contribution in [0.15, 0.2) is 174 Å². The number of hydrogen-bond donors (Lipinski definition) is 0. The van der Waals surface area contributed by atoms with E-state index in [4.69, 9.17) is 19.4 Å². The molecule has 10 rings (SSSR count). The Hall–Kier alpha value is -7.11. The van der Waals surface area contributed by atoms with E-state index in [-0.39, 0.29) is 0 Å². The molecule has 0 saturated carbocycles. The topological polar surface area (TPSA) is 51.8 Å². The minimum absolute atomic E-state index is 0.592. The van der Waals surface area contributed by atoms with Gasteiger partial charge in [-0.1, -0.05) is 163 Å². The van der Waals surface area contributed by atoms with Gasteiger partial charge < -0.3 is 4.42 Å². The van der Waals surface area contributed by atoms with E-state index in [1.807, 2.05) is 54.6 Å². The van der Waals surface area contributed by atoms with Crippen molar-refractivity contribution in [3.05, 3.63) is 170 Å². The van der Waals surface area contributed by atoms with Crippen molar-refractivity contribution < 1.29 is 4.42 Å². The van der Waals surface area contributed by atoms with Gasteiger partial charge in [0.2, 0.25) is 0 Å². The second kappa shape index (κ2) is 15.2. The Bertz CT molecular complexity index is 3210.